The van der Waals surface area contributed by atoms with E-state index in [0.29, 0.717) is 24.7 Å². The Bertz CT molecular complexity index is 416. The van der Waals surface area contributed by atoms with Gasteiger partial charge in [0.2, 0.25) is 5.91 Å². The predicted octanol–water partition coefficient (Wildman–Crippen LogP) is 0.718. The molecule has 0 atom stereocenters. The van der Waals surface area contributed by atoms with Gasteiger partial charge in [-0.3, -0.25) is 14.5 Å². The second-order valence-corrected chi connectivity index (χ2v) is 3.88. The number of carbonyl (C=O) groups is 2. The highest BCUT2D eigenvalue weighted by atomic mass is 16.5. The van der Waals surface area contributed by atoms with Crippen LogP contribution in [0.15, 0.2) is 10.6 Å². The molecule has 7 heteroatoms. The van der Waals surface area contributed by atoms with Crippen molar-refractivity contribution in [2.24, 2.45) is 0 Å². The molecule has 18 heavy (non-hydrogen) atoms. The van der Waals surface area contributed by atoms with E-state index in [4.69, 9.17) is 9.63 Å². The van der Waals surface area contributed by atoms with Crippen molar-refractivity contribution in [3.63, 3.8) is 0 Å². The largest absolute Gasteiger partial charge is 0.481 e. The Labute approximate surface area is 105 Å². The molecule has 1 rings (SSSR count). The van der Waals surface area contributed by atoms with E-state index in [-0.39, 0.29) is 18.9 Å². The molecular formula is C11H17N3O4. The SMILES string of the molecule is CCN(CCC(=O)O)CC(=O)Nc1cc(C)on1. The molecule has 0 aliphatic heterocycles. The van der Waals surface area contributed by atoms with Gasteiger partial charge >= 0.3 is 5.97 Å². The summed E-state index contributed by atoms with van der Waals surface area (Å²) in [5.41, 5.74) is 0. The van der Waals surface area contributed by atoms with Crippen molar-refractivity contribution in [1.29, 1.82) is 0 Å². The minimum Gasteiger partial charge on any atom is -0.481 e. The molecule has 0 bridgehead atoms. The number of hydrogen-bond donors (Lipinski definition) is 2. The molecule has 0 fully saturated rings. The van der Waals surface area contributed by atoms with Crippen molar-refractivity contribution in [2.75, 3.05) is 25.0 Å². The zero-order valence-corrected chi connectivity index (χ0v) is 10.5. The van der Waals surface area contributed by atoms with E-state index in [9.17, 15) is 9.59 Å². The van der Waals surface area contributed by atoms with Crippen LogP contribution in [0.3, 0.4) is 0 Å². The van der Waals surface area contributed by atoms with Crippen LogP contribution in [0.2, 0.25) is 0 Å². The molecular weight excluding hydrogens is 238 g/mol. The first-order valence-corrected chi connectivity index (χ1v) is 5.68. The van der Waals surface area contributed by atoms with Gasteiger partial charge in [0.15, 0.2) is 5.82 Å². The molecule has 0 saturated heterocycles. The maximum Gasteiger partial charge on any atom is 0.304 e. The summed E-state index contributed by atoms with van der Waals surface area (Å²) in [4.78, 5) is 23.8. The first kappa shape index (κ1) is 14.2. The van der Waals surface area contributed by atoms with Crippen molar-refractivity contribution >= 4 is 17.7 Å². The quantitative estimate of drug-likeness (QED) is 0.745. The van der Waals surface area contributed by atoms with Crippen LogP contribution >= 0.6 is 0 Å². The summed E-state index contributed by atoms with van der Waals surface area (Å²) in [6.07, 6.45) is 0.0180. The van der Waals surface area contributed by atoms with E-state index in [0.717, 1.165) is 0 Å². The molecule has 7 nitrogen and oxygen atoms in total. The van der Waals surface area contributed by atoms with E-state index < -0.39 is 5.97 Å². The Morgan fingerprint density at radius 2 is 2.28 bits per heavy atom. The Hall–Kier alpha value is -1.89. The van der Waals surface area contributed by atoms with Crippen molar-refractivity contribution < 1.29 is 19.2 Å². The lowest BCUT2D eigenvalue weighted by Gasteiger charge is -2.18. The lowest BCUT2D eigenvalue weighted by Crippen LogP contribution is -2.34. The topological polar surface area (TPSA) is 95.7 Å². The number of amides is 1. The Morgan fingerprint density at radius 3 is 2.78 bits per heavy atom. The molecule has 0 saturated carbocycles. The maximum absolute atomic E-state index is 11.7. The minimum atomic E-state index is -0.874. The number of nitrogens with zero attached hydrogens (tertiary/aromatic N) is 2. The third kappa shape index (κ3) is 4.96. The van der Waals surface area contributed by atoms with Gasteiger partial charge in [0.1, 0.15) is 5.76 Å². The molecule has 1 aromatic heterocycles. The standard InChI is InChI=1S/C11H17N3O4/c1-3-14(5-4-11(16)17)7-10(15)12-9-6-8(2)18-13-9/h6H,3-5,7H2,1-2H3,(H,16,17)(H,12,13,15). The fraction of sp³-hybridized carbons (Fsp3) is 0.545. The number of aliphatic carboxylic acids is 1. The fourth-order valence-corrected chi connectivity index (χ4v) is 1.41. The van der Waals surface area contributed by atoms with Crippen LogP contribution in [-0.2, 0) is 9.59 Å². The lowest BCUT2D eigenvalue weighted by molar-refractivity contribution is -0.137. The van der Waals surface area contributed by atoms with Gasteiger partial charge in [-0.05, 0) is 13.5 Å². The molecule has 1 amide bonds. The van der Waals surface area contributed by atoms with Crippen LogP contribution in [0.25, 0.3) is 0 Å². The summed E-state index contributed by atoms with van der Waals surface area (Å²) in [5.74, 6) is -0.133. The summed E-state index contributed by atoms with van der Waals surface area (Å²) in [7, 11) is 0. The van der Waals surface area contributed by atoms with E-state index in [1.54, 1.807) is 17.9 Å². The number of anilines is 1. The van der Waals surface area contributed by atoms with Gasteiger partial charge in [-0.2, -0.15) is 0 Å². The van der Waals surface area contributed by atoms with E-state index in [1.165, 1.54) is 0 Å². The van der Waals surface area contributed by atoms with E-state index in [1.807, 2.05) is 6.92 Å². The van der Waals surface area contributed by atoms with Crippen LogP contribution in [0.1, 0.15) is 19.1 Å². The van der Waals surface area contributed by atoms with Crippen molar-refractivity contribution in [1.82, 2.24) is 10.1 Å². The molecule has 0 radical (unpaired) electrons. The average molecular weight is 255 g/mol. The fourth-order valence-electron chi connectivity index (χ4n) is 1.41. The summed E-state index contributed by atoms with van der Waals surface area (Å²) in [5, 5.41) is 14.8. The second-order valence-electron chi connectivity index (χ2n) is 3.88. The van der Waals surface area contributed by atoms with Crippen LogP contribution in [0.5, 0.6) is 0 Å². The molecule has 0 aliphatic carbocycles. The molecule has 1 aromatic rings. The van der Waals surface area contributed by atoms with Crippen molar-refractivity contribution in [3.05, 3.63) is 11.8 Å². The number of carbonyl (C=O) groups excluding carboxylic acids is 1. The van der Waals surface area contributed by atoms with Gasteiger partial charge in [0.05, 0.1) is 13.0 Å². The second kappa shape index (κ2) is 6.75. The first-order valence-electron chi connectivity index (χ1n) is 5.68. The Balaban J connectivity index is 2.39. The third-order valence-electron chi connectivity index (χ3n) is 2.35. The van der Waals surface area contributed by atoms with Gasteiger partial charge in [-0.1, -0.05) is 12.1 Å². The number of likely N-dealkylation sites (N-methyl/N-ethyl adjacent to an activating group) is 1. The van der Waals surface area contributed by atoms with Crippen LogP contribution in [0, 0.1) is 6.92 Å². The molecule has 2 N–H and O–H groups in total. The summed E-state index contributed by atoms with van der Waals surface area (Å²) >= 11 is 0. The number of carboxylic acids is 1. The number of aromatic nitrogens is 1. The predicted molar refractivity (Wildman–Crippen MR) is 64.2 cm³/mol. The molecule has 0 aliphatic rings. The monoisotopic (exact) mass is 255 g/mol. The Kier molecular flexibility index (Phi) is 5.31. The number of carboxylic acid groups (broad SMARTS) is 1. The molecule has 0 unspecified atom stereocenters. The number of rotatable bonds is 7. The van der Waals surface area contributed by atoms with Crippen LogP contribution in [-0.4, -0.2) is 46.7 Å². The molecule has 1 heterocycles. The maximum atomic E-state index is 11.7. The van der Waals surface area contributed by atoms with Crippen molar-refractivity contribution in [3.8, 4) is 0 Å². The van der Waals surface area contributed by atoms with Gasteiger partial charge < -0.3 is 14.9 Å². The molecule has 0 spiro atoms. The zero-order valence-electron chi connectivity index (χ0n) is 10.5. The minimum absolute atomic E-state index is 0.0180. The smallest absolute Gasteiger partial charge is 0.304 e. The Morgan fingerprint density at radius 1 is 1.56 bits per heavy atom. The highest BCUT2D eigenvalue weighted by Gasteiger charge is 2.12. The normalized spacial score (nSPS) is 10.6. The van der Waals surface area contributed by atoms with E-state index >= 15 is 0 Å². The lowest BCUT2D eigenvalue weighted by atomic mass is 10.3. The molecule has 0 aromatic carbocycles. The number of aryl methyl sites for hydroxylation is 1. The average Bonchev–Trinajstić information content (AvgIpc) is 2.69. The summed E-state index contributed by atoms with van der Waals surface area (Å²) in [6, 6.07) is 1.62. The number of hydrogen-bond acceptors (Lipinski definition) is 5. The molecule has 100 valence electrons. The highest BCUT2D eigenvalue weighted by Crippen LogP contribution is 2.06. The van der Waals surface area contributed by atoms with Crippen LogP contribution < -0.4 is 5.32 Å². The van der Waals surface area contributed by atoms with Crippen LogP contribution in [0.4, 0.5) is 5.82 Å². The van der Waals surface area contributed by atoms with Gasteiger partial charge in [-0.15, -0.1) is 0 Å². The van der Waals surface area contributed by atoms with E-state index in [2.05, 4.69) is 10.5 Å². The third-order valence-corrected chi connectivity index (χ3v) is 2.35. The highest BCUT2D eigenvalue weighted by molar-refractivity contribution is 5.91. The van der Waals surface area contributed by atoms with Gasteiger partial charge in [-0.25, -0.2) is 0 Å². The first-order chi connectivity index (χ1) is 8.51. The summed E-state index contributed by atoms with van der Waals surface area (Å²) < 4.78 is 4.82. The van der Waals surface area contributed by atoms with Crippen molar-refractivity contribution in [2.45, 2.75) is 20.3 Å². The number of nitrogens with one attached hydrogen (secondary N) is 1. The summed E-state index contributed by atoms with van der Waals surface area (Å²) in [6.45, 7) is 4.69. The van der Waals surface area contributed by atoms with Gasteiger partial charge in [0, 0.05) is 12.6 Å². The van der Waals surface area contributed by atoms with Gasteiger partial charge in [0.25, 0.3) is 0 Å². The zero-order chi connectivity index (χ0) is 13.5.